The van der Waals surface area contributed by atoms with Crippen LogP contribution in [0.2, 0.25) is 5.02 Å². The zero-order valence-electron chi connectivity index (χ0n) is 7.57. The lowest BCUT2D eigenvalue weighted by Crippen LogP contribution is -2.04. The molecule has 0 aliphatic rings. The van der Waals surface area contributed by atoms with Crippen LogP contribution in [0.25, 0.3) is 5.65 Å². The Bertz CT molecular complexity index is 540. The number of fused-ring (bicyclic) bond motifs is 1. The summed E-state index contributed by atoms with van der Waals surface area (Å²) in [4.78, 5) is 15.4. The maximum atomic E-state index is 11.4. The second kappa shape index (κ2) is 3.79. The summed E-state index contributed by atoms with van der Waals surface area (Å²) in [6.45, 7) is 0. The first kappa shape index (κ1) is 10.4. The molecule has 2 aromatic heterocycles. The second-order valence-electron chi connectivity index (χ2n) is 2.71. The maximum absolute atomic E-state index is 11.4. The molecule has 0 spiro atoms. The van der Waals surface area contributed by atoms with Gasteiger partial charge in [-0.1, -0.05) is 11.6 Å². The number of halogens is 2. The third-order valence-corrected chi connectivity index (χ3v) is 2.32. The van der Waals surface area contributed by atoms with Crippen LogP contribution in [-0.4, -0.2) is 27.7 Å². The number of ether oxygens (including phenoxy) is 1. The summed E-state index contributed by atoms with van der Waals surface area (Å²) in [5, 5.41) is 4.37. The standard InChI is InChI=1S/C8H5BrClN3O2/c1-15-7(14)5-2-4(10)3-13-6(5)11-8(9)12-13/h2-3H,1H3. The number of carbonyl (C=O) groups excluding carboxylic acids is 1. The fraction of sp³-hybridized carbons (Fsp3) is 0.125. The molecule has 0 N–H and O–H groups in total. The fourth-order valence-electron chi connectivity index (χ4n) is 1.19. The van der Waals surface area contributed by atoms with Gasteiger partial charge in [0.15, 0.2) is 5.65 Å². The molecule has 7 heteroatoms. The summed E-state index contributed by atoms with van der Waals surface area (Å²) in [6.07, 6.45) is 1.56. The predicted octanol–water partition coefficient (Wildman–Crippen LogP) is 1.93. The Hall–Kier alpha value is -1.14. The largest absolute Gasteiger partial charge is 0.465 e. The Kier molecular flexibility index (Phi) is 2.62. The Balaban J connectivity index is 2.75. The Morgan fingerprint density at radius 3 is 3.07 bits per heavy atom. The number of hydrogen-bond acceptors (Lipinski definition) is 4. The number of aromatic nitrogens is 3. The third kappa shape index (κ3) is 1.82. The minimum absolute atomic E-state index is 0.281. The molecule has 15 heavy (non-hydrogen) atoms. The number of rotatable bonds is 1. The van der Waals surface area contributed by atoms with Gasteiger partial charge >= 0.3 is 5.97 Å². The monoisotopic (exact) mass is 289 g/mol. The van der Waals surface area contributed by atoms with Crippen molar-refractivity contribution in [3.63, 3.8) is 0 Å². The minimum Gasteiger partial charge on any atom is -0.465 e. The lowest BCUT2D eigenvalue weighted by Gasteiger charge is -2.01. The molecule has 0 aliphatic heterocycles. The number of nitrogens with zero attached hydrogens (tertiary/aromatic N) is 3. The van der Waals surface area contributed by atoms with Gasteiger partial charge in [-0.2, -0.15) is 0 Å². The zero-order chi connectivity index (χ0) is 11.0. The number of pyridine rings is 1. The van der Waals surface area contributed by atoms with E-state index in [4.69, 9.17) is 11.6 Å². The van der Waals surface area contributed by atoms with E-state index in [-0.39, 0.29) is 5.56 Å². The van der Waals surface area contributed by atoms with Crippen molar-refractivity contribution in [3.05, 3.63) is 27.6 Å². The van der Waals surface area contributed by atoms with Crippen LogP contribution < -0.4 is 0 Å². The number of carbonyl (C=O) groups is 1. The number of hydrogen-bond donors (Lipinski definition) is 0. The van der Waals surface area contributed by atoms with Crippen molar-refractivity contribution in [2.24, 2.45) is 0 Å². The van der Waals surface area contributed by atoms with Crippen LogP contribution in [-0.2, 0) is 4.74 Å². The van der Waals surface area contributed by atoms with Crippen LogP contribution in [0.3, 0.4) is 0 Å². The SMILES string of the molecule is COC(=O)c1cc(Cl)cn2nc(Br)nc12. The van der Waals surface area contributed by atoms with E-state index in [2.05, 4.69) is 30.7 Å². The van der Waals surface area contributed by atoms with Crippen molar-refractivity contribution in [3.8, 4) is 0 Å². The molecule has 0 bridgehead atoms. The smallest absolute Gasteiger partial charge is 0.341 e. The van der Waals surface area contributed by atoms with E-state index in [9.17, 15) is 4.79 Å². The van der Waals surface area contributed by atoms with Crippen LogP contribution >= 0.6 is 27.5 Å². The van der Waals surface area contributed by atoms with E-state index in [1.54, 1.807) is 6.20 Å². The van der Waals surface area contributed by atoms with Gasteiger partial charge in [0, 0.05) is 6.20 Å². The van der Waals surface area contributed by atoms with Crippen LogP contribution in [0.15, 0.2) is 17.0 Å². The number of esters is 1. The highest BCUT2D eigenvalue weighted by molar-refractivity contribution is 9.10. The van der Waals surface area contributed by atoms with Crippen molar-refractivity contribution in [2.45, 2.75) is 0 Å². The van der Waals surface area contributed by atoms with E-state index in [1.807, 2.05) is 0 Å². The molecule has 0 aliphatic carbocycles. The summed E-state index contributed by atoms with van der Waals surface area (Å²) < 4.78 is 6.41. The zero-order valence-corrected chi connectivity index (χ0v) is 9.91. The van der Waals surface area contributed by atoms with Crippen LogP contribution in [0, 0.1) is 0 Å². The van der Waals surface area contributed by atoms with Gasteiger partial charge < -0.3 is 4.74 Å². The third-order valence-electron chi connectivity index (χ3n) is 1.78. The first-order valence-corrected chi connectivity index (χ1v) is 5.08. The molecular formula is C8H5BrClN3O2. The molecule has 0 saturated heterocycles. The summed E-state index contributed by atoms with van der Waals surface area (Å²) in [5.74, 6) is -0.498. The molecule has 0 atom stereocenters. The van der Waals surface area contributed by atoms with Gasteiger partial charge in [-0.3, -0.25) is 0 Å². The molecule has 78 valence electrons. The predicted molar refractivity (Wildman–Crippen MR) is 57.0 cm³/mol. The van der Waals surface area contributed by atoms with Gasteiger partial charge in [-0.05, 0) is 22.0 Å². The van der Waals surface area contributed by atoms with Crippen LogP contribution in [0.4, 0.5) is 0 Å². The van der Waals surface area contributed by atoms with E-state index in [0.29, 0.717) is 15.4 Å². The van der Waals surface area contributed by atoms with E-state index in [0.717, 1.165) is 0 Å². The Morgan fingerprint density at radius 1 is 1.67 bits per heavy atom. The average Bonchev–Trinajstić information content (AvgIpc) is 2.55. The summed E-state index contributed by atoms with van der Waals surface area (Å²) in [6, 6.07) is 1.49. The molecule has 2 aromatic rings. The van der Waals surface area contributed by atoms with Crippen molar-refractivity contribution < 1.29 is 9.53 Å². The highest BCUT2D eigenvalue weighted by Crippen LogP contribution is 2.18. The van der Waals surface area contributed by atoms with E-state index < -0.39 is 5.97 Å². The van der Waals surface area contributed by atoms with Crippen LogP contribution in [0.5, 0.6) is 0 Å². The topological polar surface area (TPSA) is 56.5 Å². The van der Waals surface area contributed by atoms with Gasteiger partial charge in [0.05, 0.1) is 12.1 Å². The lowest BCUT2D eigenvalue weighted by atomic mass is 10.3. The lowest BCUT2D eigenvalue weighted by molar-refractivity contribution is 0.0602. The Labute approximate surface area is 98.1 Å². The molecule has 0 unspecified atom stereocenters. The summed E-state index contributed by atoms with van der Waals surface area (Å²) in [5.41, 5.74) is 0.682. The summed E-state index contributed by atoms with van der Waals surface area (Å²) in [7, 11) is 1.30. The fourth-order valence-corrected chi connectivity index (χ4v) is 1.73. The van der Waals surface area contributed by atoms with Gasteiger partial charge in [-0.25, -0.2) is 14.3 Å². The molecule has 0 amide bonds. The van der Waals surface area contributed by atoms with Gasteiger partial charge in [0.25, 0.3) is 0 Å². The second-order valence-corrected chi connectivity index (χ2v) is 3.86. The van der Waals surface area contributed by atoms with Crippen LogP contribution in [0.1, 0.15) is 10.4 Å². The van der Waals surface area contributed by atoms with Crippen molar-refractivity contribution >= 4 is 39.1 Å². The molecule has 0 fully saturated rings. The molecule has 2 rings (SSSR count). The van der Waals surface area contributed by atoms with Crippen molar-refractivity contribution in [1.29, 1.82) is 0 Å². The molecule has 5 nitrogen and oxygen atoms in total. The van der Waals surface area contributed by atoms with Crippen molar-refractivity contribution in [1.82, 2.24) is 14.6 Å². The first-order chi connectivity index (χ1) is 7.11. The highest BCUT2D eigenvalue weighted by atomic mass is 79.9. The highest BCUT2D eigenvalue weighted by Gasteiger charge is 2.15. The van der Waals surface area contributed by atoms with Crippen molar-refractivity contribution in [2.75, 3.05) is 7.11 Å². The average molecular weight is 291 g/mol. The molecular weight excluding hydrogens is 285 g/mol. The normalized spacial score (nSPS) is 10.6. The van der Waals surface area contributed by atoms with Gasteiger partial charge in [0.2, 0.25) is 4.73 Å². The number of methoxy groups -OCH3 is 1. The Morgan fingerprint density at radius 2 is 2.40 bits per heavy atom. The molecule has 2 heterocycles. The summed E-state index contributed by atoms with van der Waals surface area (Å²) >= 11 is 8.94. The molecule has 0 aromatic carbocycles. The molecule has 0 radical (unpaired) electrons. The quantitative estimate of drug-likeness (QED) is 0.753. The van der Waals surface area contributed by atoms with E-state index >= 15 is 0 Å². The first-order valence-electron chi connectivity index (χ1n) is 3.91. The molecule has 0 saturated carbocycles. The van der Waals surface area contributed by atoms with Gasteiger partial charge in [-0.15, -0.1) is 5.10 Å². The van der Waals surface area contributed by atoms with Gasteiger partial charge in [0.1, 0.15) is 5.56 Å². The minimum atomic E-state index is -0.498. The van der Waals surface area contributed by atoms with E-state index in [1.165, 1.54) is 17.7 Å². The maximum Gasteiger partial charge on any atom is 0.341 e.